The lowest BCUT2D eigenvalue weighted by atomic mass is 9.97. The van der Waals surface area contributed by atoms with Gasteiger partial charge in [0.25, 0.3) is 0 Å². The highest BCUT2D eigenvalue weighted by molar-refractivity contribution is 7.88. The van der Waals surface area contributed by atoms with Crippen LogP contribution in [-0.2, 0) is 16.2 Å². The van der Waals surface area contributed by atoms with E-state index in [1.165, 1.54) is 4.31 Å². The van der Waals surface area contributed by atoms with Gasteiger partial charge in [0, 0.05) is 24.0 Å². The van der Waals surface area contributed by atoms with Gasteiger partial charge in [0.05, 0.1) is 17.3 Å². The number of alkyl halides is 3. The van der Waals surface area contributed by atoms with Crippen molar-refractivity contribution >= 4 is 26.5 Å². The second kappa shape index (κ2) is 7.34. The van der Waals surface area contributed by atoms with E-state index in [-0.39, 0.29) is 17.8 Å². The maximum Gasteiger partial charge on any atom is 0.419 e. The number of rotatable bonds is 3. The molecular formula is C20H17F4N3O3S. The van der Waals surface area contributed by atoms with Crippen molar-refractivity contribution in [2.45, 2.75) is 12.6 Å². The SMILES string of the molecule is CS(=O)(=O)N1CC=C(c2ccc3c(-c4cc(O)c(F)c(C(F)(F)F)c4)n[nH]c3c2)CC1. The zero-order chi connectivity index (χ0) is 22.6. The lowest BCUT2D eigenvalue weighted by Gasteiger charge is -2.24. The number of phenolic OH excluding ortho intramolecular Hbond substituents is 1. The molecule has 0 saturated heterocycles. The van der Waals surface area contributed by atoms with Gasteiger partial charge in [0.2, 0.25) is 10.0 Å². The molecule has 1 aliphatic rings. The topological polar surface area (TPSA) is 86.3 Å². The van der Waals surface area contributed by atoms with E-state index in [9.17, 15) is 31.1 Å². The molecule has 0 amide bonds. The minimum Gasteiger partial charge on any atom is -0.505 e. The second-order valence-corrected chi connectivity index (χ2v) is 9.27. The molecule has 11 heteroatoms. The summed E-state index contributed by atoms with van der Waals surface area (Å²) in [5.41, 5.74) is 0.800. The molecule has 4 rings (SSSR count). The van der Waals surface area contributed by atoms with Gasteiger partial charge in [-0.25, -0.2) is 12.8 Å². The lowest BCUT2D eigenvalue weighted by Crippen LogP contribution is -2.33. The number of H-pyrrole nitrogens is 1. The Morgan fingerprint density at radius 2 is 1.90 bits per heavy atom. The summed E-state index contributed by atoms with van der Waals surface area (Å²) in [7, 11) is -3.27. The molecule has 164 valence electrons. The van der Waals surface area contributed by atoms with Crippen LogP contribution in [0.3, 0.4) is 0 Å². The zero-order valence-corrected chi connectivity index (χ0v) is 17.0. The molecule has 2 aromatic carbocycles. The monoisotopic (exact) mass is 455 g/mol. The number of aromatic hydroxyl groups is 1. The largest absolute Gasteiger partial charge is 0.505 e. The number of aromatic amines is 1. The summed E-state index contributed by atoms with van der Waals surface area (Å²) < 4.78 is 77.7. The van der Waals surface area contributed by atoms with Crippen LogP contribution in [-0.4, -0.2) is 47.4 Å². The highest BCUT2D eigenvalue weighted by Gasteiger charge is 2.36. The Balaban J connectivity index is 1.71. The van der Waals surface area contributed by atoms with Crippen LogP contribution < -0.4 is 0 Å². The Kier molecular flexibility index (Phi) is 5.05. The number of aromatic nitrogens is 2. The molecule has 0 spiro atoms. The Hall–Kier alpha value is -2.92. The molecule has 1 aromatic heterocycles. The first-order valence-corrected chi connectivity index (χ1v) is 11.0. The third kappa shape index (κ3) is 4.02. The number of hydrogen-bond donors (Lipinski definition) is 2. The van der Waals surface area contributed by atoms with Gasteiger partial charge < -0.3 is 5.11 Å². The van der Waals surface area contributed by atoms with Crippen molar-refractivity contribution in [3.8, 4) is 17.0 Å². The van der Waals surface area contributed by atoms with Crippen LogP contribution in [0.25, 0.3) is 27.7 Å². The van der Waals surface area contributed by atoms with E-state index in [1.807, 2.05) is 6.08 Å². The third-order valence-corrected chi connectivity index (χ3v) is 6.48. The van der Waals surface area contributed by atoms with Crippen molar-refractivity contribution in [1.82, 2.24) is 14.5 Å². The van der Waals surface area contributed by atoms with E-state index >= 15 is 0 Å². The molecule has 2 N–H and O–H groups in total. The molecule has 0 saturated carbocycles. The van der Waals surface area contributed by atoms with Crippen LogP contribution in [0.1, 0.15) is 17.5 Å². The number of hydrogen-bond acceptors (Lipinski definition) is 4. The molecule has 0 atom stereocenters. The number of nitrogens with one attached hydrogen (secondary N) is 1. The van der Waals surface area contributed by atoms with Gasteiger partial charge in [-0.1, -0.05) is 12.1 Å². The van der Waals surface area contributed by atoms with Gasteiger partial charge in [-0.05, 0) is 41.8 Å². The number of fused-ring (bicyclic) bond motifs is 1. The molecule has 0 aliphatic carbocycles. The highest BCUT2D eigenvalue weighted by Crippen LogP contribution is 2.39. The molecule has 0 unspecified atom stereocenters. The fourth-order valence-electron chi connectivity index (χ4n) is 3.61. The molecule has 0 radical (unpaired) electrons. The summed E-state index contributed by atoms with van der Waals surface area (Å²) in [6.07, 6.45) is -1.48. The molecule has 2 heterocycles. The Morgan fingerprint density at radius 1 is 1.16 bits per heavy atom. The van der Waals surface area contributed by atoms with Crippen molar-refractivity contribution in [3.63, 3.8) is 0 Å². The van der Waals surface area contributed by atoms with E-state index in [2.05, 4.69) is 10.2 Å². The minimum atomic E-state index is -4.97. The van der Waals surface area contributed by atoms with Crippen molar-refractivity contribution in [1.29, 1.82) is 0 Å². The van der Waals surface area contributed by atoms with Crippen LogP contribution in [0.2, 0.25) is 0 Å². The maximum absolute atomic E-state index is 13.7. The van der Waals surface area contributed by atoms with Crippen LogP contribution in [0.4, 0.5) is 17.6 Å². The smallest absolute Gasteiger partial charge is 0.419 e. The van der Waals surface area contributed by atoms with Crippen LogP contribution in [0, 0.1) is 5.82 Å². The first-order valence-electron chi connectivity index (χ1n) is 9.18. The van der Waals surface area contributed by atoms with Gasteiger partial charge in [0.15, 0.2) is 11.6 Å². The second-order valence-electron chi connectivity index (χ2n) is 7.29. The molecule has 0 bridgehead atoms. The molecular weight excluding hydrogens is 438 g/mol. The van der Waals surface area contributed by atoms with E-state index in [1.54, 1.807) is 18.2 Å². The molecule has 31 heavy (non-hydrogen) atoms. The van der Waals surface area contributed by atoms with Gasteiger partial charge >= 0.3 is 6.18 Å². The first kappa shape index (κ1) is 21.3. The molecule has 1 aliphatic heterocycles. The van der Waals surface area contributed by atoms with E-state index in [0.29, 0.717) is 29.9 Å². The van der Waals surface area contributed by atoms with Gasteiger partial charge in [-0.3, -0.25) is 5.10 Å². The standard InChI is InChI=1S/C20H17F4N3O3S/c1-31(29,30)27-6-4-11(5-7-27)12-2-3-14-16(9-12)25-26-19(14)13-8-15(20(22,23)24)18(21)17(28)10-13/h2-4,8-10,28H,5-7H2,1H3,(H,25,26). The van der Waals surface area contributed by atoms with Crippen molar-refractivity contribution in [2.75, 3.05) is 19.3 Å². The maximum atomic E-state index is 13.7. The lowest BCUT2D eigenvalue weighted by molar-refractivity contribution is -0.140. The average Bonchev–Trinajstić information content (AvgIpc) is 3.11. The molecule has 6 nitrogen and oxygen atoms in total. The van der Waals surface area contributed by atoms with Crippen molar-refractivity contribution in [2.24, 2.45) is 0 Å². The first-order chi connectivity index (χ1) is 14.4. The summed E-state index contributed by atoms with van der Waals surface area (Å²) in [4.78, 5) is 0. The summed E-state index contributed by atoms with van der Waals surface area (Å²) in [6, 6.07) is 6.71. The van der Waals surface area contributed by atoms with E-state index in [4.69, 9.17) is 0 Å². The van der Waals surface area contributed by atoms with Gasteiger partial charge in [-0.15, -0.1) is 0 Å². The fraction of sp³-hybridized carbons (Fsp3) is 0.250. The number of halogens is 4. The summed E-state index contributed by atoms with van der Waals surface area (Å²) in [5.74, 6) is -2.84. The molecule has 3 aromatic rings. The Morgan fingerprint density at radius 3 is 2.52 bits per heavy atom. The Bertz CT molecular complexity index is 1310. The van der Waals surface area contributed by atoms with Crippen LogP contribution in [0.15, 0.2) is 36.4 Å². The minimum absolute atomic E-state index is 0.0779. The van der Waals surface area contributed by atoms with Crippen molar-refractivity contribution in [3.05, 3.63) is 53.4 Å². The quantitative estimate of drug-likeness (QED) is 0.582. The van der Waals surface area contributed by atoms with Crippen LogP contribution in [0.5, 0.6) is 5.75 Å². The predicted molar refractivity (Wildman–Crippen MR) is 107 cm³/mol. The predicted octanol–water partition coefficient (Wildman–Crippen LogP) is 4.14. The average molecular weight is 455 g/mol. The number of benzene rings is 2. The summed E-state index contributed by atoms with van der Waals surface area (Å²) >= 11 is 0. The number of sulfonamides is 1. The van der Waals surface area contributed by atoms with E-state index < -0.39 is 33.3 Å². The van der Waals surface area contributed by atoms with Gasteiger partial charge in [0.1, 0.15) is 5.69 Å². The zero-order valence-electron chi connectivity index (χ0n) is 16.2. The summed E-state index contributed by atoms with van der Waals surface area (Å²) in [6.45, 7) is 0.613. The van der Waals surface area contributed by atoms with Gasteiger partial charge in [-0.2, -0.15) is 22.6 Å². The number of phenols is 1. The van der Waals surface area contributed by atoms with E-state index in [0.717, 1.165) is 23.5 Å². The Labute approximate surface area is 174 Å². The molecule has 0 fully saturated rings. The number of nitrogens with zero attached hydrogens (tertiary/aromatic N) is 2. The normalized spacial score (nSPS) is 16.0. The summed E-state index contributed by atoms with van der Waals surface area (Å²) in [5, 5.41) is 16.9. The third-order valence-electron chi connectivity index (χ3n) is 5.21. The highest BCUT2D eigenvalue weighted by atomic mass is 32.2. The van der Waals surface area contributed by atoms with Crippen LogP contribution >= 0.6 is 0 Å². The fourth-order valence-corrected chi connectivity index (χ4v) is 4.37. The van der Waals surface area contributed by atoms with Crippen molar-refractivity contribution < 1.29 is 31.1 Å².